The van der Waals surface area contributed by atoms with E-state index in [4.69, 9.17) is 0 Å². The largest absolute Gasteiger partial charge is 0.307 e. The molecule has 0 aromatic heterocycles. The van der Waals surface area contributed by atoms with Crippen LogP contribution in [0.25, 0.3) is 0 Å². The Bertz CT molecular complexity index is 373. The lowest BCUT2D eigenvalue weighted by molar-refractivity contribution is 0.363. The molecule has 2 rings (SSSR count). The van der Waals surface area contributed by atoms with E-state index in [-0.39, 0.29) is 0 Å². The molecule has 1 nitrogen and oxygen atoms in total. The van der Waals surface area contributed by atoms with Crippen molar-refractivity contribution in [3.63, 3.8) is 0 Å². The molecule has 1 fully saturated rings. The van der Waals surface area contributed by atoms with Gasteiger partial charge in [0.05, 0.1) is 0 Å². The van der Waals surface area contributed by atoms with Crippen LogP contribution in [-0.4, -0.2) is 6.04 Å². The van der Waals surface area contributed by atoms with Crippen molar-refractivity contribution in [2.24, 2.45) is 0 Å². The van der Waals surface area contributed by atoms with Crippen molar-refractivity contribution in [2.45, 2.75) is 90.1 Å². The Morgan fingerprint density at radius 2 is 1.62 bits per heavy atom. The number of nitrogens with one attached hydrogen (secondary N) is 1. The van der Waals surface area contributed by atoms with Gasteiger partial charge in [-0.2, -0.15) is 0 Å². The molecule has 1 heteroatoms. The molecule has 0 aliphatic heterocycles. The Hall–Kier alpha value is -0.820. The fraction of sp³-hybridized carbons (Fsp3) is 0.700. The molecule has 1 unspecified atom stereocenters. The van der Waals surface area contributed by atoms with Crippen molar-refractivity contribution in [3.05, 3.63) is 35.4 Å². The zero-order chi connectivity index (χ0) is 14.9. The van der Waals surface area contributed by atoms with E-state index >= 15 is 0 Å². The molecule has 0 radical (unpaired) electrons. The third-order valence-electron chi connectivity index (χ3n) is 4.89. The Labute approximate surface area is 131 Å². The van der Waals surface area contributed by atoms with Crippen LogP contribution in [0.4, 0.5) is 0 Å². The normalized spacial score (nSPS) is 19.0. The Balaban J connectivity index is 1.85. The van der Waals surface area contributed by atoms with Crippen LogP contribution in [0.1, 0.15) is 88.8 Å². The molecule has 0 bridgehead atoms. The van der Waals surface area contributed by atoms with Crippen molar-refractivity contribution in [2.75, 3.05) is 0 Å². The van der Waals surface area contributed by atoms with Crippen LogP contribution >= 0.6 is 0 Å². The van der Waals surface area contributed by atoms with Gasteiger partial charge < -0.3 is 5.32 Å². The molecule has 1 aliphatic rings. The minimum absolute atomic E-state index is 0.481. The zero-order valence-corrected chi connectivity index (χ0v) is 14.0. The number of benzene rings is 1. The SMILES string of the molecule is CCCCc1ccc(C(C)NC2CCCCCCC2)cc1. The second-order valence-electron chi connectivity index (χ2n) is 6.78. The van der Waals surface area contributed by atoms with Gasteiger partial charge in [0.2, 0.25) is 0 Å². The average molecular weight is 287 g/mol. The quantitative estimate of drug-likeness (QED) is 0.698. The monoisotopic (exact) mass is 287 g/mol. The van der Waals surface area contributed by atoms with Gasteiger partial charge in [-0.25, -0.2) is 0 Å². The minimum Gasteiger partial charge on any atom is -0.307 e. The second-order valence-corrected chi connectivity index (χ2v) is 6.78. The summed E-state index contributed by atoms with van der Waals surface area (Å²) in [4.78, 5) is 0. The van der Waals surface area contributed by atoms with E-state index in [2.05, 4.69) is 43.4 Å². The first-order valence-corrected chi connectivity index (χ1v) is 9.14. The molecule has 1 N–H and O–H groups in total. The maximum Gasteiger partial charge on any atom is 0.0294 e. The zero-order valence-electron chi connectivity index (χ0n) is 14.0. The highest BCUT2D eigenvalue weighted by Gasteiger charge is 2.14. The summed E-state index contributed by atoms with van der Waals surface area (Å²) in [6, 6.07) is 10.5. The van der Waals surface area contributed by atoms with Gasteiger partial charge in [-0.05, 0) is 43.7 Å². The minimum atomic E-state index is 0.481. The first kappa shape index (κ1) is 16.5. The smallest absolute Gasteiger partial charge is 0.0294 e. The molecule has 0 spiro atoms. The number of hydrogen-bond donors (Lipinski definition) is 1. The first-order valence-electron chi connectivity index (χ1n) is 9.14. The third kappa shape index (κ3) is 5.82. The number of rotatable bonds is 6. The number of hydrogen-bond acceptors (Lipinski definition) is 1. The molecule has 0 heterocycles. The highest BCUT2D eigenvalue weighted by Crippen LogP contribution is 2.21. The summed E-state index contributed by atoms with van der Waals surface area (Å²) in [5.41, 5.74) is 2.93. The second kappa shape index (κ2) is 9.25. The van der Waals surface area contributed by atoms with Gasteiger partial charge in [0.1, 0.15) is 0 Å². The summed E-state index contributed by atoms with van der Waals surface area (Å²) in [7, 11) is 0. The van der Waals surface area contributed by atoms with E-state index in [9.17, 15) is 0 Å². The van der Waals surface area contributed by atoms with E-state index in [1.54, 1.807) is 0 Å². The van der Waals surface area contributed by atoms with E-state index < -0.39 is 0 Å². The molecular formula is C20H33N. The summed E-state index contributed by atoms with van der Waals surface area (Å²) in [5.74, 6) is 0. The highest BCUT2D eigenvalue weighted by molar-refractivity contribution is 5.24. The standard InChI is InChI=1S/C20H33N/c1-3-4-10-18-13-15-19(16-14-18)17(2)21-20-11-8-6-5-7-9-12-20/h13-17,20-21H,3-12H2,1-2H3. The van der Waals surface area contributed by atoms with Crippen LogP contribution in [0.15, 0.2) is 24.3 Å². The summed E-state index contributed by atoms with van der Waals surface area (Å²) < 4.78 is 0. The number of aryl methyl sites for hydroxylation is 1. The lowest BCUT2D eigenvalue weighted by Gasteiger charge is -2.25. The van der Waals surface area contributed by atoms with E-state index in [1.807, 2.05) is 0 Å². The highest BCUT2D eigenvalue weighted by atomic mass is 14.9. The molecule has 0 amide bonds. The van der Waals surface area contributed by atoms with Gasteiger partial charge in [0.15, 0.2) is 0 Å². The fourth-order valence-corrected chi connectivity index (χ4v) is 3.43. The Morgan fingerprint density at radius 1 is 1.00 bits per heavy atom. The first-order chi connectivity index (χ1) is 10.3. The van der Waals surface area contributed by atoms with Crippen LogP contribution < -0.4 is 5.32 Å². The van der Waals surface area contributed by atoms with Crippen molar-refractivity contribution in [3.8, 4) is 0 Å². The van der Waals surface area contributed by atoms with Crippen LogP contribution in [0.3, 0.4) is 0 Å². The average Bonchev–Trinajstić information content (AvgIpc) is 2.48. The Kier molecular flexibility index (Phi) is 7.29. The molecule has 1 atom stereocenters. The van der Waals surface area contributed by atoms with Crippen molar-refractivity contribution in [1.82, 2.24) is 5.32 Å². The van der Waals surface area contributed by atoms with Gasteiger partial charge in [-0.15, -0.1) is 0 Å². The predicted octanol–water partition coefficient (Wildman–Crippen LogP) is 5.79. The summed E-state index contributed by atoms with van der Waals surface area (Å²) in [6.07, 6.45) is 13.6. The molecule has 0 saturated heterocycles. The van der Waals surface area contributed by atoms with E-state index in [0.717, 1.165) is 6.04 Å². The van der Waals surface area contributed by atoms with Gasteiger partial charge >= 0.3 is 0 Å². The van der Waals surface area contributed by atoms with Gasteiger partial charge in [0, 0.05) is 12.1 Å². The summed E-state index contributed by atoms with van der Waals surface area (Å²) >= 11 is 0. The maximum absolute atomic E-state index is 3.87. The maximum atomic E-state index is 3.87. The fourth-order valence-electron chi connectivity index (χ4n) is 3.43. The lowest BCUT2D eigenvalue weighted by atomic mass is 9.95. The van der Waals surface area contributed by atoms with Crippen LogP contribution in [0, 0.1) is 0 Å². The molecule has 118 valence electrons. The van der Waals surface area contributed by atoms with Gasteiger partial charge in [-0.1, -0.05) is 69.7 Å². The predicted molar refractivity (Wildman–Crippen MR) is 92.7 cm³/mol. The van der Waals surface area contributed by atoms with Crippen LogP contribution in [0.2, 0.25) is 0 Å². The Morgan fingerprint density at radius 3 is 2.24 bits per heavy atom. The lowest BCUT2D eigenvalue weighted by Crippen LogP contribution is -2.32. The summed E-state index contributed by atoms with van der Waals surface area (Å²) in [5, 5.41) is 3.87. The van der Waals surface area contributed by atoms with Crippen molar-refractivity contribution in [1.29, 1.82) is 0 Å². The van der Waals surface area contributed by atoms with Gasteiger partial charge in [0.25, 0.3) is 0 Å². The van der Waals surface area contributed by atoms with E-state index in [0.29, 0.717) is 6.04 Å². The molecule has 1 aromatic rings. The molecule has 1 saturated carbocycles. The summed E-state index contributed by atoms with van der Waals surface area (Å²) in [6.45, 7) is 4.58. The topological polar surface area (TPSA) is 12.0 Å². The van der Waals surface area contributed by atoms with Crippen molar-refractivity contribution >= 4 is 0 Å². The number of unbranched alkanes of at least 4 members (excludes halogenated alkanes) is 1. The van der Waals surface area contributed by atoms with Crippen LogP contribution in [-0.2, 0) is 6.42 Å². The van der Waals surface area contributed by atoms with Crippen LogP contribution in [0.5, 0.6) is 0 Å². The molecule has 21 heavy (non-hydrogen) atoms. The molecule has 1 aliphatic carbocycles. The van der Waals surface area contributed by atoms with Gasteiger partial charge in [-0.3, -0.25) is 0 Å². The van der Waals surface area contributed by atoms with Crippen molar-refractivity contribution < 1.29 is 0 Å². The third-order valence-corrected chi connectivity index (χ3v) is 4.89. The molecular weight excluding hydrogens is 254 g/mol. The molecule has 1 aromatic carbocycles. The van der Waals surface area contributed by atoms with E-state index in [1.165, 1.54) is 75.3 Å².